The number of nitrogens with zero attached hydrogens (tertiary/aromatic N) is 3. The van der Waals surface area contributed by atoms with E-state index in [9.17, 15) is 0 Å². The normalized spacial score (nSPS) is 12.4. The highest BCUT2D eigenvalue weighted by atomic mass is 15.2. The van der Waals surface area contributed by atoms with E-state index in [1.54, 1.807) is 0 Å². The fraction of sp³-hybridized carbons (Fsp3) is 0.0250. The summed E-state index contributed by atoms with van der Waals surface area (Å²) in [5.74, 6) is 0. The van der Waals surface area contributed by atoms with Crippen LogP contribution in [0.2, 0.25) is 0 Å². The van der Waals surface area contributed by atoms with Crippen LogP contribution < -0.4 is 21.3 Å². The van der Waals surface area contributed by atoms with Crippen LogP contribution in [-0.4, -0.2) is 15.8 Å². The summed E-state index contributed by atoms with van der Waals surface area (Å²) in [6.07, 6.45) is 0. The van der Waals surface area contributed by atoms with Crippen LogP contribution in [0.15, 0.2) is 291 Å². The zero-order valence-corrected chi connectivity index (χ0v) is 46.6. The van der Waals surface area contributed by atoms with Crippen LogP contribution in [0.1, 0.15) is 11.1 Å². The summed E-state index contributed by atoms with van der Waals surface area (Å²) in [5.41, 5.74) is 31.3. The summed E-state index contributed by atoms with van der Waals surface area (Å²) < 4.78 is 5.19. The van der Waals surface area contributed by atoms with Gasteiger partial charge in [0, 0.05) is 49.8 Å². The topological polar surface area (TPSA) is 13.1 Å². The summed E-state index contributed by atoms with van der Waals surface area (Å²) in [6.45, 7) is 4.51. The average molecular weight is 1070 g/mol. The molecule has 3 nitrogen and oxygen atoms in total. The lowest BCUT2D eigenvalue weighted by Crippen LogP contribution is -2.60. The summed E-state index contributed by atoms with van der Waals surface area (Å²) in [6, 6.07) is 109. The van der Waals surface area contributed by atoms with Gasteiger partial charge < -0.3 is 14.0 Å². The Balaban J connectivity index is 0.985. The quantitative estimate of drug-likeness (QED) is 0.138. The molecule has 0 aliphatic carbocycles. The summed E-state index contributed by atoms with van der Waals surface area (Å²) in [5, 5.41) is 4.96. The van der Waals surface area contributed by atoms with E-state index in [4.69, 9.17) is 0 Å². The number of benzene rings is 13. The van der Waals surface area contributed by atoms with Crippen LogP contribution in [0.4, 0.5) is 17.1 Å². The number of fused-ring (bicyclic) bond motifs is 10. The fourth-order valence-corrected chi connectivity index (χ4v) is 14.2. The van der Waals surface area contributed by atoms with Crippen molar-refractivity contribution in [1.29, 1.82) is 0 Å². The molecule has 0 fully saturated rings. The van der Waals surface area contributed by atoms with Gasteiger partial charge in [0.05, 0.1) is 22.2 Å². The molecule has 392 valence electrons. The first kappa shape index (κ1) is 48.1. The predicted octanol–water partition coefficient (Wildman–Crippen LogP) is 19.1. The van der Waals surface area contributed by atoms with Crippen LogP contribution in [0, 0.1) is 13.8 Å². The Bertz CT molecular complexity index is 4840. The first-order valence-corrected chi connectivity index (χ1v) is 29.2. The van der Waals surface area contributed by atoms with Crippen LogP contribution in [0.25, 0.3) is 122 Å². The van der Waals surface area contributed by atoms with Crippen LogP contribution >= 0.6 is 0 Å². The second kappa shape index (κ2) is 19.0. The van der Waals surface area contributed by atoms with E-state index in [-0.39, 0.29) is 6.71 Å². The van der Waals surface area contributed by atoms with Gasteiger partial charge >= 0.3 is 0 Å². The van der Waals surface area contributed by atoms with Crippen molar-refractivity contribution in [3.63, 3.8) is 0 Å². The number of hydrogen-bond acceptors (Lipinski definition) is 1. The predicted molar refractivity (Wildman–Crippen MR) is 357 cm³/mol. The molecule has 0 saturated carbocycles. The molecule has 0 atom stereocenters. The van der Waals surface area contributed by atoms with Gasteiger partial charge in [0.15, 0.2) is 0 Å². The molecule has 13 aromatic carbocycles. The lowest BCUT2D eigenvalue weighted by molar-refractivity contribution is 1.13. The second-order valence-corrected chi connectivity index (χ2v) is 23.0. The number of aromatic nitrogens is 2. The smallest absolute Gasteiger partial charge is 0.252 e. The van der Waals surface area contributed by atoms with Crippen LogP contribution in [0.5, 0.6) is 0 Å². The van der Waals surface area contributed by atoms with Gasteiger partial charge in [-0.15, -0.1) is 0 Å². The Hall–Kier alpha value is -10.7. The van der Waals surface area contributed by atoms with E-state index in [0.29, 0.717) is 0 Å². The minimum Gasteiger partial charge on any atom is -0.311 e. The summed E-state index contributed by atoms with van der Waals surface area (Å²) in [4.78, 5) is 2.54. The van der Waals surface area contributed by atoms with Crippen molar-refractivity contribution in [3.05, 3.63) is 302 Å². The van der Waals surface area contributed by atoms with Gasteiger partial charge in [0.2, 0.25) is 0 Å². The van der Waals surface area contributed by atoms with Gasteiger partial charge in [-0.1, -0.05) is 211 Å². The van der Waals surface area contributed by atoms with Crippen LogP contribution in [-0.2, 0) is 0 Å². The fourth-order valence-electron chi connectivity index (χ4n) is 14.2. The molecule has 0 saturated heterocycles. The maximum absolute atomic E-state index is 2.60. The van der Waals surface area contributed by atoms with Crippen LogP contribution in [0.3, 0.4) is 0 Å². The Morgan fingerprint density at radius 1 is 0.250 bits per heavy atom. The monoisotopic (exact) mass is 1070 g/mol. The van der Waals surface area contributed by atoms with Crippen molar-refractivity contribution >= 4 is 83.8 Å². The zero-order chi connectivity index (χ0) is 55.6. The van der Waals surface area contributed by atoms with E-state index in [0.717, 1.165) is 33.5 Å². The van der Waals surface area contributed by atoms with Gasteiger partial charge in [-0.25, -0.2) is 0 Å². The molecule has 0 unspecified atom stereocenters. The molecule has 15 aromatic rings. The van der Waals surface area contributed by atoms with E-state index in [1.807, 2.05) is 0 Å². The van der Waals surface area contributed by atoms with Crippen molar-refractivity contribution in [2.75, 3.05) is 4.90 Å². The lowest BCUT2D eigenvalue weighted by atomic mass is 9.33. The second-order valence-electron chi connectivity index (χ2n) is 23.0. The molecule has 17 rings (SSSR count). The molecule has 0 bridgehead atoms. The van der Waals surface area contributed by atoms with Crippen molar-refractivity contribution in [2.24, 2.45) is 0 Å². The Kier molecular flexibility index (Phi) is 10.8. The van der Waals surface area contributed by atoms with Gasteiger partial charge in [0.25, 0.3) is 6.71 Å². The van der Waals surface area contributed by atoms with Crippen molar-refractivity contribution in [3.8, 4) is 78.1 Å². The van der Waals surface area contributed by atoms with Gasteiger partial charge in [0.1, 0.15) is 0 Å². The van der Waals surface area contributed by atoms with E-state index < -0.39 is 0 Å². The zero-order valence-electron chi connectivity index (χ0n) is 46.6. The molecular formula is C80H54BN3. The average Bonchev–Trinajstić information content (AvgIpc) is 1.44. The molecule has 0 radical (unpaired) electrons. The standard InChI is InChI=1S/C80H54BN3/c1-51-32-37-74-71(39-51)81-72-40-52(2)38-70-67-30-18-19-31-73(67)84(80(70)72)78-50-66(49-77(79(78)81)82(74)65-28-16-7-17-29-65)83-75-47-57(63-43-59(53-20-8-3-9-21-53)41-60(44-63)54-22-10-4-11-23-54)33-35-68(75)69-36-34-58(48-76(69)83)64-45-61(55-24-12-5-13-25-55)42-62(46-64)56-26-14-6-15-27-56/h3-50H,1-2H3. The molecule has 4 heteroatoms. The Morgan fingerprint density at radius 2 is 0.690 bits per heavy atom. The third kappa shape index (κ3) is 7.61. The third-order valence-corrected chi connectivity index (χ3v) is 17.9. The van der Waals surface area contributed by atoms with E-state index in [1.165, 1.54) is 133 Å². The highest BCUT2D eigenvalue weighted by molar-refractivity contribution is 7.00. The highest BCUT2D eigenvalue weighted by Crippen LogP contribution is 2.46. The minimum atomic E-state index is 0.000818. The molecule has 4 heterocycles. The van der Waals surface area contributed by atoms with E-state index in [2.05, 4.69) is 319 Å². The van der Waals surface area contributed by atoms with Gasteiger partial charge in [-0.2, -0.15) is 0 Å². The van der Waals surface area contributed by atoms with E-state index >= 15 is 0 Å². The SMILES string of the molecule is Cc1ccc2c(c1)B1c3c(cc(-n4c5cc(-c6cc(-c7ccccc7)cc(-c7ccccc7)c6)ccc5c5ccc(-c6cc(-c7ccccc7)cc(-c7ccccc7)c6)cc54)cc3-n3c4ccccc4c4cc(C)cc1c43)N2c1ccccc1. The summed E-state index contributed by atoms with van der Waals surface area (Å²) >= 11 is 0. The lowest BCUT2D eigenvalue weighted by Gasteiger charge is -2.41. The Morgan fingerprint density at radius 3 is 1.21 bits per heavy atom. The maximum Gasteiger partial charge on any atom is 0.252 e. The van der Waals surface area contributed by atoms with Gasteiger partial charge in [-0.05, 0) is 188 Å². The number of rotatable bonds is 8. The van der Waals surface area contributed by atoms with Gasteiger partial charge in [-0.3, -0.25) is 0 Å². The molecule has 0 spiro atoms. The number of hydrogen-bond donors (Lipinski definition) is 0. The molecule has 2 aliphatic heterocycles. The Labute approximate surface area is 489 Å². The van der Waals surface area contributed by atoms with Crippen molar-refractivity contribution in [1.82, 2.24) is 9.13 Å². The molecular weight excluding hydrogens is 1010 g/mol. The first-order chi connectivity index (χ1) is 41.5. The highest BCUT2D eigenvalue weighted by Gasteiger charge is 2.43. The number of aryl methyl sites for hydroxylation is 2. The van der Waals surface area contributed by atoms with Crippen molar-refractivity contribution < 1.29 is 0 Å². The number of anilines is 3. The molecule has 2 aromatic heterocycles. The number of para-hydroxylation sites is 2. The largest absolute Gasteiger partial charge is 0.311 e. The molecule has 0 amide bonds. The maximum atomic E-state index is 2.60. The minimum absolute atomic E-state index is 0.000818. The first-order valence-electron chi connectivity index (χ1n) is 29.2. The van der Waals surface area contributed by atoms with Crippen molar-refractivity contribution in [2.45, 2.75) is 13.8 Å². The molecule has 2 aliphatic rings. The molecule has 0 N–H and O–H groups in total. The third-order valence-electron chi connectivity index (χ3n) is 17.9. The molecule has 84 heavy (non-hydrogen) atoms. The summed E-state index contributed by atoms with van der Waals surface area (Å²) in [7, 11) is 0.